The third kappa shape index (κ3) is 2.61. The molecule has 116 valence electrons. The number of halogens is 1. The Morgan fingerprint density at radius 2 is 1.91 bits per heavy atom. The molecule has 3 nitrogen and oxygen atoms in total. The summed E-state index contributed by atoms with van der Waals surface area (Å²) >= 11 is 1.36. The van der Waals surface area contributed by atoms with Crippen molar-refractivity contribution in [3.05, 3.63) is 58.9 Å². The first kappa shape index (κ1) is 14.3. The van der Waals surface area contributed by atoms with Gasteiger partial charge in [-0.05, 0) is 35.9 Å². The molecule has 0 aliphatic carbocycles. The highest BCUT2D eigenvalue weighted by atomic mass is 32.2. The Balaban J connectivity index is 1.69. The maximum atomic E-state index is 13.8. The van der Waals surface area contributed by atoms with Crippen LogP contribution in [0.2, 0.25) is 0 Å². The van der Waals surface area contributed by atoms with E-state index in [9.17, 15) is 9.18 Å². The van der Waals surface area contributed by atoms with Gasteiger partial charge >= 0.3 is 0 Å². The van der Waals surface area contributed by atoms with Gasteiger partial charge in [-0.1, -0.05) is 12.1 Å². The van der Waals surface area contributed by atoms with Crippen molar-refractivity contribution >= 4 is 23.6 Å². The maximum Gasteiger partial charge on any atom is 0.191 e. The van der Waals surface area contributed by atoms with E-state index in [1.807, 2.05) is 24.3 Å². The third-order valence-corrected chi connectivity index (χ3v) is 4.94. The molecule has 0 bridgehead atoms. The number of thioether (sulfide) groups is 1. The normalized spacial score (nSPS) is 18.0. The van der Waals surface area contributed by atoms with Gasteiger partial charge in [0.25, 0.3) is 0 Å². The molecule has 2 heterocycles. The molecule has 0 aromatic heterocycles. The number of hydrogen-bond donors (Lipinski definition) is 0. The van der Waals surface area contributed by atoms with Gasteiger partial charge in [0.2, 0.25) is 0 Å². The molecule has 2 aromatic rings. The second-order valence-electron chi connectivity index (χ2n) is 5.31. The number of rotatable bonds is 1. The molecule has 0 unspecified atom stereocenters. The largest absolute Gasteiger partial charge is 0.486 e. The predicted octanol–water partition coefficient (Wildman–Crippen LogP) is 3.97. The molecule has 0 amide bonds. The van der Waals surface area contributed by atoms with E-state index in [2.05, 4.69) is 0 Å². The Morgan fingerprint density at radius 3 is 2.78 bits per heavy atom. The van der Waals surface area contributed by atoms with Gasteiger partial charge in [-0.15, -0.1) is 11.8 Å². The molecule has 5 heteroatoms. The Labute approximate surface area is 137 Å². The van der Waals surface area contributed by atoms with Gasteiger partial charge < -0.3 is 9.47 Å². The van der Waals surface area contributed by atoms with E-state index in [1.165, 1.54) is 17.8 Å². The van der Waals surface area contributed by atoms with Crippen molar-refractivity contribution in [2.24, 2.45) is 0 Å². The van der Waals surface area contributed by atoms with Crippen LogP contribution in [0.4, 0.5) is 4.39 Å². The van der Waals surface area contributed by atoms with Crippen LogP contribution in [-0.2, 0) is 0 Å². The van der Waals surface area contributed by atoms with E-state index in [4.69, 9.17) is 9.47 Å². The van der Waals surface area contributed by atoms with Crippen molar-refractivity contribution in [1.82, 2.24) is 0 Å². The first-order chi connectivity index (χ1) is 11.2. The van der Waals surface area contributed by atoms with E-state index < -0.39 is 0 Å². The summed E-state index contributed by atoms with van der Waals surface area (Å²) in [7, 11) is 0. The van der Waals surface area contributed by atoms with Crippen LogP contribution in [0.25, 0.3) is 6.08 Å². The van der Waals surface area contributed by atoms with Crippen molar-refractivity contribution in [3.8, 4) is 11.5 Å². The minimum Gasteiger partial charge on any atom is -0.486 e. The average Bonchev–Trinajstić information content (AvgIpc) is 2.58. The Hall–Kier alpha value is -2.27. The van der Waals surface area contributed by atoms with Crippen LogP contribution < -0.4 is 9.47 Å². The van der Waals surface area contributed by atoms with Crippen LogP contribution in [0, 0.1) is 5.82 Å². The van der Waals surface area contributed by atoms with Crippen molar-refractivity contribution < 1.29 is 18.7 Å². The zero-order valence-corrected chi connectivity index (χ0v) is 13.0. The molecule has 2 aliphatic heterocycles. The highest BCUT2D eigenvalue weighted by Gasteiger charge is 2.24. The summed E-state index contributed by atoms with van der Waals surface area (Å²) in [6.45, 7) is 1.07. The van der Waals surface area contributed by atoms with Gasteiger partial charge in [-0.2, -0.15) is 0 Å². The molecule has 23 heavy (non-hydrogen) atoms. The predicted molar refractivity (Wildman–Crippen MR) is 86.9 cm³/mol. The van der Waals surface area contributed by atoms with Gasteiger partial charge in [0, 0.05) is 16.9 Å². The van der Waals surface area contributed by atoms with Crippen LogP contribution in [0.3, 0.4) is 0 Å². The molecule has 0 saturated heterocycles. The molecule has 0 radical (unpaired) electrons. The first-order valence-corrected chi connectivity index (χ1v) is 8.27. The lowest BCUT2D eigenvalue weighted by Gasteiger charge is -2.19. The van der Waals surface area contributed by atoms with Gasteiger partial charge in [0.05, 0.1) is 4.90 Å². The molecule has 2 aromatic carbocycles. The molecule has 0 N–H and O–H groups in total. The topological polar surface area (TPSA) is 35.5 Å². The number of fused-ring (bicyclic) bond motifs is 2. The SMILES string of the molecule is O=C1/C(=C\c2ccc3c(c2)OCCO3)CSc2c(F)cccc21. The summed E-state index contributed by atoms with van der Waals surface area (Å²) in [6, 6.07) is 10.2. The van der Waals surface area contributed by atoms with Crippen molar-refractivity contribution in [2.75, 3.05) is 19.0 Å². The number of ketones is 1. The number of benzene rings is 2. The van der Waals surface area contributed by atoms with Crippen LogP contribution in [0.15, 0.2) is 46.9 Å². The Morgan fingerprint density at radius 1 is 1.09 bits per heavy atom. The van der Waals surface area contributed by atoms with Crippen LogP contribution in [0.1, 0.15) is 15.9 Å². The second-order valence-corrected chi connectivity index (χ2v) is 6.29. The molecule has 0 atom stereocenters. The van der Waals surface area contributed by atoms with E-state index >= 15 is 0 Å². The molecule has 2 aliphatic rings. The minimum absolute atomic E-state index is 0.117. The average molecular weight is 328 g/mol. The lowest BCUT2D eigenvalue weighted by atomic mass is 10.0. The monoisotopic (exact) mass is 328 g/mol. The molecule has 0 spiro atoms. The summed E-state index contributed by atoms with van der Waals surface area (Å²) in [5, 5.41) is 0. The summed E-state index contributed by atoms with van der Waals surface area (Å²) in [6.07, 6.45) is 1.83. The number of carbonyl (C=O) groups excluding carboxylic acids is 1. The van der Waals surface area contributed by atoms with Gasteiger partial charge in [-0.25, -0.2) is 4.39 Å². The maximum absolute atomic E-state index is 13.8. The molecule has 0 saturated carbocycles. The van der Waals surface area contributed by atoms with E-state index in [1.54, 1.807) is 12.1 Å². The van der Waals surface area contributed by atoms with Crippen LogP contribution >= 0.6 is 11.8 Å². The first-order valence-electron chi connectivity index (χ1n) is 7.28. The van der Waals surface area contributed by atoms with Crippen molar-refractivity contribution in [3.63, 3.8) is 0 Å². The van der Waals surface area contributed by atoms with Gasteiger partial charge in [0.1, 0.15) is 19.0 Å². The number of Topliss-reactive ketones (excluding diaryl/α,β-unsaturated/α-hetero) is 1. The van der Waals surface area contributed by atoms with Crippen LogP contribution in [-0.4, -0.2) is 24.7 Å². The Bertz CT molecular complexity index is 829. The lowest BCUT2D eigenvalue weighted by Crippen LogP contribution is -2.15. The molecule has 4 rings (SSSR count). The standard InChI is InChI=1S/C18H13FO3S/c19-14-3-1-2-13-17(20)12(10-23-18(13)14)8-11-4-5-15-16(9-11)22-7-6-21-15/h1-5,8-9H,6-7,10H2/b12-8-. The smallest absolute Gasteiger partial charge is 0.191 e. The summed E-state index contributed by atoms with van der Waals surface area (Å²) < 4.78 is 24.8. The number of hydrogen-bond acceptors (Lipinski definition) is 4. The highest BCUT2D eigenvalue weighted by molar-refractivity contribution is 7.99. The van der Waals surface area contributed by atoms with E-state index in [-0.39, 0.29) is 11.6 Å². The summed E-state index contributed by atoms with van der Waals surface area (Å²) in [5.41, 5.74) is 1.97. The molecular formula is C18H13FO3S. The third-order valence-electron chi connectivity index (χ3n) is 3.78. The van der Waals surface area contributed by atoms with Crippen LogP contribution in [0.5, 0.6) is 11.5 Å². The zero-order chi connectivity index (χ0) is 15.8. The van der Waals surface area contributed by atoms with E-state index in [0.717, 1.165) is 11.3 Å². The summed E-state index contributed by atoms with van der Waals surface area (Å²) in [5.74, 6) is 1.41. The van der Waals surface area contributed by atoms with Crippen molar-refractivity contribution in [1.29, 1.82) is 0 Å². The van der Waals surface area contributed by atoms with Gasteiger partial charge in [-0.3, -0.25) is 4.79 Å². The highest BCUT2D eigenvalue weighted by Crippen LogP contribution is 2.36. The second kappa shape index (κ2) is 5.74. The zero-order valence-electron chi connectivity index (χ0n) is 12.2. The Kier molecular flexibility index (Phi) is 3.58. The van der Waals surface area contributed by atoms with Crippen molar-refractivity contribution in [2.45, 2.75) is 4.90 Å². The quantitative estimate of drug-likeness (QED) is 0.742. The van der Waals surface area contributed by atoms with E-state index in [0.29, 0.717) is 40.7 Å². The fraction of sp³-hybridized carbons (Fsp3) is 0.167. The van der Waals surface area contributed by atoms with Gasteiger partial charge in [0.15, 0.2) is 17.3 Å². The minimum atomic E-state index is -0.334. The lowest BCUT2D eigenvalue weighted by molar-refractivity contribution is 0.103. The molecular weight excluding hydrogens is 315 g/mol. The molecule has 0 fully saturated rings. The fourth-order valence-corrected chi connectivity index (χ4v) is 3.72. The summed E-state index contributed by atoms with van der Waals surface area (Å²) in [4.78, 5) is 13.0. The fourth-order valence-electron chi connectivity index (χ4n) is 2.68. The number of carbonyl (C=O) groups is 1. The number of ether oxygens (including phenoxy) is 2.